The van der Waals surface area contributed by atoms with Crippen molar-refractivity contribution in [2.45, 2.75) is 19.5 Å². The maximum Gasteiger partial charge on any atom is 0.341 e. The third kappa shape index (κ3) is 5.35. The van der Waals surface area contributed by atoms with E-state index >= 15 is 0 Å². The summed E-state index contributed by atoms with van der Waals surface area (Å²) in [7, 11) is 4.41. The third-order valence-electron chi connectivity index (χ3n) is 5.65. The van der Waals surface area contributed by atoms with Crippen molar-refractivity contribution in [3.05, 3.63) is 75.7 Å². The number of halogens is 1. The number of carbonyl (C=O) groups is 2. The van der Waals surface area contributed by atoms with Crippen LogP contribution in [0.15, 0.2) is 48.5 Å². The van der Waals surface area contributed by atoms with Crippen molar-refractivity contribution in [1.82, 2.24) is 4.90 Å². The standard InChI is InChI=1S/C25H26N2O5S.ClH/c1-30-19-10-9-17(13-20(19)31-2)23(28)26-24-22(25(29)32-3)18-11-12-27(15-21(18)33-24)14-16-7-5-4-6-8-16;/h4-10,13H,11-12,14-15H2,1-3H3,(H,26,28);1H. The quantitative estimate of drug-likeness (QED) is 0.468. The molecule has 0 aliphatic carbocycles. The highest BCUT2D eigenvalue weighted by Crippen LogP contribution is 2.38. The fraction of sp³-hybridized carbons (Fsp3) is 0.280. The number of hydrogen-bond donors (Lipinski definition) is 1. The van der Waals surface area contributed by atoms with Gasteiger partial charge in [0.25, 0.3) is 5.91 Å². The molecule has 0 fully saturated rings. The van der Waals surface area contributed by atoms with Crippen LogP contribution in [-0.2, 0) is 24.2 Å². The van der Waals surface area contributed by atoms with E-state index in [1.807, 2.05) is 18.2 Å². The number of carbonyl (C=O) groups excluding carboxylic acids is 2. The number of hydrogen-bond acceptors (Lipinski definition) is 7. The lowest BCUT2D eigenvalue weighted by atomic mass is 10.0. The van der Waals surface area contributed by atoms with Crippen LogP contribution in [0.3, 0.4) is 0 Å². The van der Waals surface area contributed by atoms with E-state index in [-0.39, 0.29) is 18.3 Å². The van der Waals surface area contributed by atoms with Gasteiger partial charge in [0.15, 0.2) is 11.5 Å². The molecule has 0 radical (unpaired) electrons. The molecule has 4 rings (SSSR count). The second-order valence-corrected chi connectivity index (χ2v) is 8.77. The Labute approximate surface area is 209 Å². The molecule has 0 saturated carbocycles. The molecule has 0 saturated heterocycles. The number of anilines is 1. The minimum absolute atomic E-state index is 0. The maximum atomic E-state index is 13.0. The molecule has 9 heteroatoms. The van der Waals surface area contributed by atoms with Crippen molar-refractivity contribution in [3.63, 3.8) is 0 Å². The van der Waals surface area contributed by atoms with Crippen LogP contribution in [0.1, 0.15) is 36.7 Å². The Morgan fingerprint density at radius 2 is 1.76 bits per heavy atom. The van der Waals surface area contributed by atoms with E-state index < -0.39 is 5.97 Å². The molecule has 34 heavy (non-hydrogen) atoms. The number of benzene rings is 2. The van der Waals surface area contributed by atoms with Crippen molar-refractivity contribution in [3.8, 4) is 11.5 Å². The van der Waals surface area contributed by atoms with Gasteiger partial charge in [-0.25, -0.2) is 4.79 Å². The maximum absolute atomic E-state index is 13.0. The molecule has 1 N–H and O–H groups in total. The first-order valence-electron chi connectivity index (χ1n) is 10.6. The number of methoxy groups -OCH3 is 3. The van der Waals surface area contributed by atoms with Gasteiger partial charge in [-0.15, -0.1) is 23.7 Å². The van der Waals surface area contributed by atoms with Crippen LogP contribution in [0, 0.1) is 0 Å². The molecule has 0 atom stereocenters. The van der Waals surface area contributed by atoms with Gasteiger partial charge in [0.05, 0.1) is 26.9 Å². The summed E-state index contributed by atoms with van der Waals surface area (Å²) >= 11 is 1.43. The van der Waals surface area contributed by atoms with Crippen LogP contribution in [0.4, 0.5) is 5.00 Å². The van der Waals surface area contributed by atoms with Crippen molar-refractivity contribution in [1.29, 1.82) is 0 Å². The number of nitrogens with zero attached hydrogens (tertiary/aromatic N) is 1. The molecule has 1 aromatic heterocycles. The Morgan fingerprint density at radius 1 is 1.03 bits per heavy atom. The van der Waals surface area contributed by atoms with Crippen LogP contribution in [0.5, 0.6) is 11.5 Å². The van der Waals surface area contributed by atoms with Gasteiger partial charge in [0, 0.05) is 30.1 Å². The van der Waals surface area contributed by atoms with Gasteiger partial charge in [-0.2, -0.15) is 0 Å². The lowest BCUT2D eigenvalue weighted by Crippen LogP contribution is -2.29. The highest BCUT2D eigenvalue weighted by Gasteiger charge is 2.29. The van der Waals surface area contributed by atoms with E-state index in [4.69, 9.17) is 14.2 Å². The van der Waals surface area contributed by atoms with Crippen LogP contribution in [-0.4, -0.2) is 44.7 Å². The number of esters is 1. The van der Waals surface area contributed by atoms with Crippen LogP contribution >= 0.6 is 23.7 Å². The third-order valence-corrected chi connectivity index (χ3v) is 6.78. The zero-order valence-electron chi connectivity index (χ0n) is 19.3. The molecule has 3 aromatic rings. The molecular formula is C25H27ClN2O5S. The fourth-order valence-electron chi connectivity index (χ4n) is 3.99. The molecule has 2 aromatic carbocycles. The summed E-state index contributed by atoms with van der Waals surface area (Å²) in [6.07, 6.45) is 0.718. The van der Waals surface area contributed by atoms with Crippen molar-refractivity contribution in [2.24, 2.45) is 0 Å². The molecule has 0 spiro atoms. The molecular weight excluding hydrogens is 476 g/mol. The summed E-state index contributed by atoms with van der Waals surface area (Å²) in [5, 5.41) is 3.42. The van der Waals surface area contributed by atoms with Gasteiger partial charge >= 0.3 is 5.97 Å². The van der Waals surface area contributed by atoms with E-state index in [0.29, 0.717) is 34.2 Å². The van der Waals surface area contributed by atoms with Crippen molar-refractivity contribution >= 4 is 40.6 Å². The normalized spacial score (nSPS) is 12.8. The van der Waals surface area contributed by atoms with Gasteiger partial charge in [0.2, 0.25) is 0 Å². The SMILES string of the molecule is COC(=O)c1c(NC(=O)c2ccc(OC)c(OC)c2)sc2c1CCN(Cc1ccccc1)C2.Cl. The molecule has 0 bridgehead atoms. The Bertz CT molecular complexity index is 1170. The minimum atomic E-state index is -0.438. The predicted octanol–water partition coefficient (Wildman–Crippen LogP) is 4.78. The van der Waals surface area contributed by atoms with E-state index in [2.05, 4.69) is 22.3 Å². The summed E-state index contributed by atoms with van der Waals surface area (Å²) < 4.78 is 15.6. The molecule has 1 aliphatic rings. The summed E-state index contributed by atoms with van der Waals surface area (Å²) in [5.74, 6) is 0.224. The van der Waals surface area contributed by atoms with E-state index in [9.17, 15) is 9.59 Å². The molecule has 0 unspecified atom stereocenters. The second-order valence-electron chi connectivity index (χ2n) is 7.67. The molecule has 180 valence electrons. The highest BCUT2D eigenvalue weighted by molar-refractivity contribution is 7.17. The lowest BCUT2D eigenvalue weighted by molar-refractivity contribution is 0.0600. The lowest BCUT2D eigenvalue weighted by Gasteiger charge is -2.27. The fourth-order valence-corrected chi connectivity index (χ4v) is 5.26. The van der Waals surface area contributed by atoms with E-state index in [0.717, 1.165) is 30.0 Å². The average Bonchev–Trinajstić information content (AvgIpc) is 3.20. The van der Waals surface area contributed by atoms with Crippen LogP contribution < -0.4 is 14.8 Å². The number of rotatable bonds is 7. The van der Waals surface area contributed by atoms with Crippen molar-refractivity contribution in [2.75, 3.05) is 33.2 Å². The van der Waals surface area contributed by atoms with Crippen LogP contribution in [0.2, 0.25) is 0 Å². The zero-order valence-corrected chi connectivity index (χ0v) is 20.9. The first kappa shape index (κ1) is 25.6. The van der Waals surface area contributed by atoms with E-state index in [1.54, 1.807) is 18.2 Å². The number of thiophene rings is 1. The average molecular weight is 503 g/mol. The summed E-state index contributed by atoms with van der Waals surface area (Å²) in [6.45, 7) is 2.37. The first-order valence-corrected chi connectivity index (χ1v) is 11.4. The Hall–Kier alpha value is -3.07. The summed E-state index contributed by atoms with van der Waals surface area (Å²) in [5.41, 5.74) is 3.05. The van der Waals surface area contributed by atoms with Gasteiger partial charge in [0.1, 0.15) is 5.00 Å². The first-order chi connectivity index (χ1) is 16.0. The number of nitrogens with one attached hydrogen (secondary N) is 1. The van der Waals surface area contributed by atoms with E-state index in [1.165, 1.54) is 38.2 Å². The topological polar surface area (TPSA) is 77.1 Å². The van der Waals surface area contributed by atoms with Gasteiger partial charge in [-0.1, -0.05) is 30.3 Å². The minimum Gasteiger partial charge on any atom is -0.493 e. The Morgan fingerprint density at radius 3 is 2.44 bits per heavy atom. The zero-order chi connectivity index (χ0) is 23.4. The molecule has 1 amide bonds. The van der Waals surface area contributed by atoms with Crippen LogP contribution in [0.25, 0.3) is 0 Å². The Balaban J connectivity index is 0.00000324. The molecule has 1 aliphatic heterocycles. The van der Waals surface area contributed by atoms with Crippen molar-refractivity contribution < 1.29 is 23.8 Å². The second kappa shape index (κ2) is 11.4. The predicted molar refractivity (Wildman–Crippen MR) is 135 cm³/mol. The number of ether oxygens (including phenoxy) is 3. The Kier molecular flexibility index (Phi) is 8.55. The number of amides is 1. The molecule has 7 nitrogen and oxygen atoms in total. The summed E-state index contributed by atoms with van der Waals surface area (Å²) in [4.78, 5) is 29.0. The number of fused-ring (bicyclic) bond motifs is 1. The monoisotopic (exact) mass is 502 g/mol. The smallest absolute Gasteiger partial charge is 0.341 e. The van der Waals surface area contributed by atoms with Gasteiger partial charge in [-0.05, 0) is 35.7 Å². The van der Waals surface area contributed by atoms with Gasteiger partial charge < -0.3 is 19.5 Å². The highest BCUT2D eigenvalue weighted by atomic mass is 35.5. The summed E-state index contributed by atoms with van der Waals surface area (Å²) in [6, 6.07) is 15.2. The molecule has 2 heterocycles. The largest absolute Gasteiger partial charge is 0.493 e. The van der Waals surface area contributed by atoms with Gasteiger partial charge in [-0.3, -0.25) is 9.69 Å².